The zero-order valence-corrected chi connectivity index (χ0v) is 10.7. The van der Waals surface area contributed by atoms with Gasteiger partial charge in [0.1, 0.15) is 0 Å². The molecule has 0 radical (unpaired) electrons. The summed E-state index contributed by atoms with van der Waals surface area (Å²) in [5.41, 5.74) is 1.15. The Bertz CT molecular complexity index is 293. The summed E-state index contributed by atoms with van der Waals surface area (Å²) in [6.45, 7) is 9.92. The van der Waals surface area contributed by atoms with Crippen molar-refractivity contribution in [1.29, 1.82) is 0 Å². The van der Waals surface area contributed by atoms with Crippen LogP contribution in [0.5, 0.6) is 0 Å². The van der Waals surface area contributed by atoms with Crippen molar-refractivity contribution in [2.24, 2.45) is 0 Å². The molecule has 1 atom stereocenters. The lowest BCUT2D eigenvalue weighted by Gasteiger charge is -2.21. The fourth-order valence-corrected chi connectivity index (χ4v) is 1.38. The number of hydrogen-bond acceptors (Lipinski definition) is 3. The number of hydrogen-bond donors (Lipinski definition) is 1. The van der Waals surface area contributed by atoms with Gasteiger partial charge in [0.25, 0.3) is 0 Å². The minimum atomic E-state index is -0.0563. The predicted octanol–water partition coefficient (Wildman–Crippen LogP) is 2.55. The van der Waals surface area contributed by atoms with Crippen LogP contribution in [0.15, 0.2) is 24.5 Å². The van der Waals surface area contributed by atoms with Gasteiger partial charge in [-0.15, -0.1) is 0 Å². The van der Waals surface area contributed by atoms with E-state index in [0.29, 0.717) is 6.04 Å². The van der Waals surface area contributed by atoms with E-state index in [2.05, 4.69) is 44.1 Å². The van der Waals surface area contributed by atoms with Gasteiger partial charge in [0.15, 0.2) is 0 Å². The summed E-state index contributed by atoms with van der Waals surface area (Å²) in [5.74, 6) is 0. The lowest BCUT2D eigenvalue weighted by molar-refractivity contribution is -0.00149. The standard InChI is InChI=1S/C13H22N2O/c1-11(12-6-5-7-14-10-12)15-8-9-16-13(2,3)4/h5-7,10-11,15H,8-9H2,1-4H3/t11-/m0/s1. The number of nitrogens with zero attached hydrogens (tertiary/aromatic N) is 1. The molecule has 0 aliphatic rings. The average Bonchev–Trinajstić information content (AvgIpc) is 2.24. The van der Waals surface area contributed by atoms with E-state index in [4.69, 9.17) is 4.74 Å². The molecule has 0 saturated carbocycles. The zero-order chi connectivity index (χ0) is 12.0. The first kappa shape index (κ1) is 13.1. The minimum Gasteiger partial charge on any atom is -0.375 e. The summed E-state index contributed by atoms with van der Waals surface area (Å²) < 4.78 is 5.64. The molecule has 0 spiro atoms. The number of nitrogens with one attached hydrogen (secondary N) is 1. The third-order valence-electron chi connectivity index (χ3n) is 2.27. The fraction of sp³-hybridized carbons (Fsp3) is 0.615. The topological polar surface area (TPSA) is 34.1 Å². The highest BCUT2D eigenvalue weighted by Gasteiger charge is 2.09. The van der Waals surface area contributed by atoms with E-state index in [-0.39, 0.29) is 5.60 Å². The summed E-state index contributed by atoms with van der Waals surface area (Å²) in [7, 11) is 0. The van der Waals surface area contributed by atoms with Gasteiger partial charge in [0.2, 0.25) is 0 Å². The number of pyridine rings is 1. The van der Waals surface area contributed by atoms with Crippen molar-refractivity contribution in [3.05, 3.63) is 30.1 Å². The Hall–Kier alpha value is -0.930. The van der Waals surface area contributed by atoms with E-state index >= 15 is 0 Å². The van der Waals surface area contributed by atoms with Crippen molar-refractivity contribution in [3.63, 3.8) is 0 Å². The normalized spacial score (nSPS) is 13.8. The maximum atomic E-state index is 5.64. The van der Waals surface area contributed by atoms with Gasteiger partial charge in [-0.1, -0.05) is 6.07 Å². The molecule has 0 saturated heterocycles. The molecule has 0 fully saturated rings. The number of aromatic nitrogens is 1. The van der Waals surface area contributed by atoms with Gasteiger partial charge in [0.05, 0.1) is 12.2 Å². The molecule has 90 valence electrons. The molecule has 3 nitrogen and oxygen atoms in total. The molecule has 0 bridgehead atoms. The van der Waals surface area contributed by atoms with E-state index < -0.39 is 0 Å². The molecular formula is C13H22N2O. The minimum absolute atomic E-state index is 0.0563. The highest BCUT2D eigenvalue weighted by molar-refractivity contribution is 5.12. The molecule has 0 aliphatic carbocycles. The largest absolute Gasteiger partial charge is 0.375 e. The van der Waals surface area contributed by atoms with Gasteiger partial charge < -0.3 is 10.1 Å². The van der Waals surface area contributed by atoms with Crippen LogP contribution in [-0.4, -0.2) is 23.7 Å². The van der Waals surface area contributed by atoms with E-state index in [1.54, 1.807) is 6.20 Å². The van der Waals surface area contributed by atoms with Crippen LogP contribution < -0.4 is 5.32 Å². The smallest absolute Gasteiger partial charge is 0.0599 e. The van der Waals surface area contributed by atoms with Gasteiger partial charge in [-0.25, -0.2) is 0 Å². The van der Waals surface area contributed by atoms with E-state index in [1.165, 1.54) is 5.56 Å². The maximum absolute atomic E-state index is 5.64. The predicted molar refractivity (Wildman–Crippen MR) is 66.4 cm³/mol. The Balaban J connectivity index is 2.24. The van der Waals surface area contributed by atoms with Crippen LogP contribution in [0, 0.1) is 0 Å². The molecule has 1 aromatic heterocycles. The molecule has 0 aromatic carbocycles. The molecule has 1 N–H and O–H groups in total. The van der Waals surface area contributed by atoms with Crippen molar-refractivity contribution in [2.75, 3.05) is 13.2 Å². The molecule has 0 amide bonds. The van der Waals surface area contributed by atoms with Crippen LogP contribution in [0.3, 0.4) is 0 Å². The third kappa shape index (κ3) is 5.24. The van der Waals surface area contributed by atoms with Gasteiger partial charge >= 0.3 is 0 Å². The van der Waals surface area contributed by atoms with Crippen LogP contribution in [0.2, 0.25) is 0 Å². The summed E-state index contributed by atoms with van der Waals surface area (Å²) in [6, 6.07) is 4.35. The lowest BCUT2D eigenvalue weighted by Crippen LogP contribution is -2.28. The molecule has 3 heteroatoms. The van der Waals surface area contributed by atoms with Crippen LogP contribution in [0.1, 0.15) is 39.3 Å². The summed E-state index contributed by atoms with van der Waals surface area (Å²) in [4.78, 5) is 4.10. The Labute approximate surface area is 98.2 Å². The molecular weight excluding hydrogens is 200 g/mol. The number of ether oxygens (including phenoxy) is 1. The Morgan fingerprint density at radius 3 is 2.75 bits per heavy atom. The van der Waals surface area contributed by atoms with Crippen molar-refractivity contribution in [3.8, 4) is 0 Å². The second-order valence-electron chi connectivity index (χ2n) is 4.92. The van der Waals surface area contributed by atoms with Gasteiger partial charge in [0, 0.05) is 25.0 Å². The Morgan fingerprint density at radius 1 is 1.44 bits per heavy atom. The zero-order valence-electron chi connectivity index (χ0n) is 10.7. The molecule has 1 aromatic rings. The van der Waals surface area contributed by atoms with Crippen LogP contribution >= 0.6 is 0 Å². The highest BCUT2D eigenvalue weighted by atomic mass is 16.5. The number of rotatable bonds is 5. The second kappa shape index (κ2) is 5.97. The SMILES string of the molecule is C[C@H](NCCOC(C)(C)C)c1cccnc1. The van der Waals surface area contributed by atoms with Crippen molar-refractivity contribution < 1.29 is 4.74 Å². The molecule has 0 unspecified atom stereocenters. The van der Waals surface area contributed by atoms with Crippen molar-refractivity contribution in [2.45, 2.75) is 39.3 Å². The quantitative estimate of drug-likeness (QED) is 0.777. The van der Waals surface area contributed by atoms with Gasteiger partial charge in [-0.05, 0) is 39.3 Å². The highest BCUT2D eigenvalue weighted by Crippen LogP contribution is 2.10. The maximum Gasteiger partial charge on any atom is 0.0599 e. The van der Waals surface area contributed by atoms with Crippen LogP contribution in [0.25, 0.3) is 0 Å². The van der Waals surface area contributed by atoms with E-state index in [9.17, 15) is 0 Å². The summed E-state index contributed by atoms with van der Waals surface area (Å²) in [6.07, 6.45) is 3.68. The van der Waals surface area contributed by atoms with Crippen LogP contribution in [-0.2, 0) is 4.74 Å². The molecule has 1 rings (SSSR count). The van der Waals surface area contributed by atoms with Crippen molar-refractivity contribution >= 4 is 0 Å². The Kier molecular flexibility index (Phi) is 4.90. The average molecular weight is 222 g/mol. The Morgan fingerprint density at radius 2 is 2.19 bits per heavy atom. The van der Waals surface area contributed by atoms with Crippen LogP contribution in [0.4, 0.5) is 0 Å². The monoisotopic (exact) mass is 222 g/mol. The first-order valence-corrected chi connectivity index (χ1v) is 5.76. The lowest BCUT2D eigenvalue weighted by atomic mass is 10.1. The second-order valence-corrected chi connectivity index (χ2v) is 4.92. The van der Waals surface area contributed by atoms with E-state index in [0.717, 1.165) is 13.2 Å². The fourth-order valence-electron chi connectivity index (χ4n) is 1.38. The summed E-state index contributed by atoms with van der Waals surface area (Å²) in [5, 5.41) is 3.41. The molecule has 16 heavy (non-hydrogen) atoms. The van der Waals surface area contributed by atoms with Gasteiger partial charge in [-0.3, -0.25) is 4.98 Å². The third-order valence-corrected chi connectivity index (χ3v) is 2.27. The summed E-state index contributed by atoms with van der Waals surface area (Å²) >= 11 is 0. The van der Waals surface area contributed by atoms with Gasteiger partial charge in [-0.2, -0.15) is 0 Å². The molecule has 0 aliphatic heterocycles. The van der Waals surface area contributed by atoms with Crippen molar-refractivity contribution in [1.82, 2.24) is 10.3 Å². The first-order chi connectivity index (χ1) is 7.49. The van der Waals surface area contributed by atoms with E-state index in [1.807, 2.05) is 12.3 Å². The molecule has 1 heterocycles. The first-order valence-electron chi connectivity index (χ1n) is 5.76.